The van der Waals surface area contributed by atoms with Crippen LogP contribution in [0, 0.1) is 0 Å². The molecule has 0 radical (unpaired) electrons. The molecule has 0 heterocycles. The van der Waals surface area contributed by atoms with Gasteiger partial charge in [-0.15, -0.1) is 0 Å². The first-order valence-electron chi connectivity index (χ1n) is 9.00. The second-order valence-corrected chi connectivity index (χ2v) is 5.82. The topological polar surface area (TPSA) is 47.6 Å². The van der Waals surface area contributed by atoms with Gasteiger partial charge in [-0.1, -0.05) is 44.4 Å². The highest BCUT2D eigenvalue weighted by molar-refractivity contribution is 6.06. The van der Waals surface area contributed by atoms with Gasteiger partial charge in [0.1, 0.15) is 11.5 Å². The molecule has 0 aliphatic heterocycles. The number of unbranched alkanes of at least 4 members (excludes halogenated alkanes) is 3. The van der Waals surface area contributed by atoms with Crippen LogP contribution in [0.1, 0.15) is 49.9 Å². The van der Waals surface area contributed by atoms with E-state index in [9.17, 15) is 4.79 Å². The van der Waals surface area contributed by atoms with Gasteiger partial charge in [-0.3, -0.25) is 4.79 Å². The number of ether oxygens (including phenoxy) is 2. The lowest BCUT2D eigenvalue weighted by Crippen LogP contribution is -2.13. The van der Waals surface area contributed by atoms with E-state index in [4.69, 9.17) is 9.47 Å². The first kappa shape index (κ1) is 18.8. The summed E-state index contributed by atoms with van der Waals surface area (Å²) in [7, 11) is 0. The zero-order valence-corrected chi connectivity index (χ0v) is 15.1. The lowest BCUT2D eigenvalue weighted by Gasteiger charge is -2.11. The molecular weight excluding hydrogens is 314 g/mol. The number of carbonyl (C=O) groups excluding carboxylic acids is 1. The van der Waals surface area contributed by atoms with Gasteiger partial charge >= 0.3 is 0 Å². The summed E-state index contributed by atoms with van der Waals surface area (Å²) in [4.78, 5) is 12.5. The fraction of sp³-hybridized carbons (Fsp3) is 0.381. The first-order valence-corrected chi connectivity index (χ1v) is 9.00. The molecule has 0 aliphatic carbocycles. The molecule has 1 N–H and O–H groups in total. The second kappa shape index (κ2) is 10.4. The van der Waals surface area contributed by atoms with E-state index in [1.807, 2.05) is 43.3 Å². The van der Waals surface area contributed by atoms with Gasteiger partial charge < -0.3 is 14.8 Å². The van der Waals surface area contributed by atoms with Gasteiger partial charge in [0, 0.05) is 11.8 Å². The first-order chi connectivity index (χ1) is 12.2. The predicted octanol–water partition coefficient (Wildman–Crippen LogP) is 5.30. The smallest absolute Gasteiger partial charge is 0.259 e. The molecular formula is C21H27NO3. The van der Waals surface area contributed by atoms with Crippen molar-refractivity contribution in [2.24, 2.45) is 0 Å². The molecule has 4 nitrogen and oxygen atoms in total. The van der Waals surface area contributed by atoms with E-state index in [1.54, 1.807) is 12.1 Å². The van der Waals surface area contributed by atoms with Crippen molar-refractivity contribution in [1.29, 1.82) is 0 Å². The molecule has 0 unspecified atom stereocenters. The van der Waals surface area contributed by atoms with Crippen molar-refractivity contribution in [3.05, 3.63) is 54.1 Å². The third-order valence-electron chi connectivity index (χ3n) is 3.79. The van der Waals surface area contributed by atoms with Gasteiger partial charge in [0.05, 0.1) is 18.8 Å². The molecule has 2 aromatic carbocycles. The number of hydrogen-bond donors (Lipinski definition) is 1. The van der Waals surface area contributed by atoms with E-state index in [1.165, 1.54) is 19.3 Å². The Morgan fingerprint density at radius 3 is 2.60 bits per heavy atom. The largest absolute Gasteiger partial charge is 0.494 e. The maximum absolute atomic E-state index is 12.5. The maximum atomic E-state index is 12.5. The number of benzene rings is 2. The molecule has 0 bridgehead atoms. The van der Waals surface area contributed by atoms with Crippen LogP contribution in [0.15, 0.2) is 48.5 Å². The van der Waals surface area contributed by atoms with Crippen LogP contribution in [0.2, 0.25) is 0 Å². The average Bonchev–Trinajstić information content (AvgIpc) is 2.62. The van der Waals surface area contributed by atoms with Gasteiger partial charge in [-0.05, 0) is 37.6 Å². The molecule has 0 saturated heterocycles. The number of rotatable bonds is 10. The Hall–Kier alpha value is -2.49. The van der Waals surface area contributed by atoms with Crippen LogP contribution in [0.4, 0.5) is 5.69 Å². The minimum atomic E-state index is -0.191. The summed E-state index contributed by atoms with van der Waals surface area (Å²) in [6, 6.07) is 14.7. The molecule has 0 aromatic heterocycles. The summed E-state index contributed by atoms with van der Waals surface area (Å²) >= 11 is 0. The normalized spacial score (nSPS) is 10.3. The standard InChI is InChI=1S/C21H27NO3/c1-3-5-6-9-15-25-18-12-10-11-17(16-18)22-21(23)19-13-7-8-14-20(19)24-4-2/h7-8,10-14,16H,3-6,9,15H2,1-2H3,(H,22,23). The molecule has 2 rings (SSSR count). The molecule has 0 fully saturated rings. The van der Waals surface area contributed by atoms with E-state index in [-0.39, 0.29) is 5.91 Å². The molecule has 1 amide bonds. The minimum Gasteiger partial charge on any atom is -0.494 e. The zero-order valence-electron chi connectivity index (χ0n) is 15.1. The monoisotopic (exact) mass is 341 g/mol. The molecule has 25 heavy (non-hydrogen) atoms. The zero-order chi connectivity index (χ0) is 17.9. The van der Waals surface area contributed by atoms with Crippen LogP contribution in [0.3, 0.4) is 0 Å². The van der Waals surface area contributed by atoms with Crippen molar-refractivity contribution in [2.45, 2.75) is 39.5 Å². The Balaban J connectivity index is 1.96. The molecule has 4 heteroatoms. The molecule has 0 aliphatic rings. The molecule has 2 aromatic rings. The van der Waals surface area contributed by atoms with E-state index >= 15 is 0 Å². The lowest BCUT2D eigenvalue weighted by molar-refractivity contribution is 0.102. The van der Waals surface area contributed by atoms with Crippen LogP contribution in [0.5, 0.6) is 11.5 Å². The van der Waals surface area contributed by atoms with Gasteiger partial charge in [-0.2, -0.15) is 0 Å². The number of hydrogen-bond acceptors (Lipinski definition) is 3. The highest BCUT2D eigenvalue weighted by atomic mass is 16.5. The lowest BCUT2D eigenvalue weighted by atomic mass is 10.2. The predicted molar refractivity (Wildman–Crippen MR) is 102 cm³/mol. The number of para-hydroxylation sites is 1. The van der Waals surface area contributed by atoms with Gasteiger partial charge in [0.15, 0.2) is 0 Å². The highest BCUT2D eigenvalue weighted by Gasteiger charge is 2.12. The maximum Gasteiger partial charge on any atom is 0.259 e. The SMILES string of the molecule is CCCCCCOc1cccc(NC(=O)c2ccccc2OCC)c1. The Labute approximate surface area is 150 Å². The van der Waals surface area contributed by atoms with Crippen molar-refractivity contribution in [1.82, 2.24) is 0 Å². The summed E-state index contributed by atoms with van der Waals surface area (Å²) in [5, 5.41) is 2.91. The molecule has 0 spiro atoms. The summed E-state index contributed by atoms with van der Waals surface area (Å²) in [5.41, 5.74) is 1.23. The second-order valence-electron chi connectivity index (χ2n) is 5.82. The summed E-state index contributed by atoms with van der Waals surface area (Å²) in [6.45, 7) is 5.31. The average molecular weight is 341 g/mol. The minimum absolute atomic E-state index is 0.191. The van der Waals surface area contributed by atoms with Gasteiger partial charge in [0.25, 0.3) is 5.91 Å². The van der Waals surface area contributed by atoms with Gasteiger partial charge in [-0.25, -0.2) is 0 Å². The van der Waals surface area contributed by atoms with Crippen LogP contribution in [0.25, 0.3) is 0 Å². The molecule has 134 valence electrons. The van der Waals surface area contributed by atoms with Crippen LogP contribution >= 0.6 is 0 Å². The Morgan fingerprint density at radius 1 is 0.960 bits per heavy atom. The summed E-state index contributed by atoms with van der Waals surface area (Å²) in [5.74, 6) is 1.17. The summed E-state index contributed by atoms with van der Waals surface area (Å²) in [6.07, 6.45) is 4.68. The van der Waals surface area contributed by atoms with Crippen LogP contribution < -0.4 is 14.8 Å². The quantitative estimate of drug-likeness (QED) is 0.597. The third kappa shape index (κ3) is 6.14. The van der Waals surface area contributed by atoms with Gasteiger partial charge in [0.2, 0.25) is 0 Å². The van der Waals surface area contributed by atoms with E-state index in [0.717, 1.165) is 12.2 Å². The van der Waals surface area contributed by atoms with E-state index < -0.39 is 0 Å². The number of carbonyl (C=O) groups is 1. The third-order valence-corrected chi connectivity index (χ3v) is 3.79. The van der Waals surface area contributed by atoms with Crippen molar-refractivity contribution in [3.8, 4) is 11.5 Å². The fourth-order valence-corrected chi connectivity index (χ4v) is 2.52. The fourth-order valence-electron chi connectivity index (χ4n) is 2.52. The van der Waals surface area contributed by atoms with E-state index in [0.29, 0.717) is 30.2 Å². The number of anilines is 1. The Kier molecular flexibility index (Phi) is 7.83. The summed E-state index contributed by atoms with van der Waals surface area (Å²) < 4.78 is 11.3. The molecule has 0 atom stereocenters. The highest BCUT2D eigenvalue weighted by Crippen LogP contribution is 2.22. The van der Waals surface area contributed by atoms with Crippen molar-refractivity contribution in [2.75, 3.05) is 18.5 Å². The van der Waals surface area contributed by atoms with E-state index in [2.05, 4.69) is 12.2 Å². The van der Waals surface area contributed by atoms with Crippen LogP contribution in [-0.4, -0.2) is 19.1 Å². The Bertz CT molecular complexity index is 670. The van der Waals surface area contributed by atoms with Crippen LogP contribution in [-0.2, 0) is 0 Å². The number of amides is 1. The van der Waals surface area contributed by atoms with Crippen molar-refractivity contribution < 1.29 is 14.3 Å². The Morgan fingerprint density at radius 2 is 1.80 bits per heavy atom. The van der Waals surface area contributed by atoms with Crippen molar-refractivity contribution >= 4 is 11.6 Å². The molecule has 0 saturated carbocycles. The van der Waals surface area contributed by atoms with Crippen molar-refractivity contribution in [3.63, 3.8) is 0 Å². The number of nitrogens with one attached hydrogen (secondary N) is 1.